The van der Waals surface area contributed by atoms with Crippen molar-refractivity contribution in [3.8, 4) is 0 Å². The van der Waals surface area contributed by atoms with Crippen LogP contribution in [0.5, 0.6) is 0 Å². The minimum Gasteiger partial charge on any atom is -0.466 e. The van der Waals surface area contributed by atoms with Crippen LogP contribution in [0.25, 0.3) is 0 Å². The number of hydrogen-bond acceptors (Lipinski definition) is 5. The molecule has 5 heteroatoms. The molecule has 0 aromatic heterocycles. The van der Waals surface area contributed by atoms with Crippen molar-refractivity contribution < 1.29 is 19.1 Å². The van der Waals surface area contributed by atoms with E-state index in [0.717, 1.165) is 25.9 Å². The standard InChI is InChI=1S/C13H25NO4/c1-4-12(15)17-10-6-8-14(3)9-7-11-18-13(16)5-2/h4-11H2,1-3H3. The third kappa shape index (κ3) is 10.1. The normalized spacial score (nSPS) is 10.4. The van der Waals surface area contributed by atoms with Gasteiger partial charge in [-0.25, -0.2) is 0 Å². The number of carbonyl (C=O) groups is 2. The monoisotopic (exact) mass is 259 g/mol. The van der Waals surface area contributed by atoms with E-state index < -0.39 is 0 Å². The van der Waals surface area contributed by atoms with E-state index >= 15 is 0 Å². The molecule has 0 spiro atoms. The first-order chi connectivity index (χ1) is 8.60. The molecular weight excluding hydrogens is 234 g/mol. The van der Waals surface area contributed by atoms with Gasteiger partial charge in [0.25, 0.3) is 0 Å². The van der Waals surface area contributed by atoms with E-state index in [2.05, 4.69) is 4.90 Å². The van der Waals surface area contributed by atoms with E-state index in [1.807, 2.05) is 7.05 Å². The zero-order valence-electron chi connectivity index (χ0n) is 11.7. The Kier molecular flexibility index (Phi) is 10.3. The second-order valence-corrected chi connectivity index (χ2v) is 4.16. The Labute approximate surface area is 109 Å². The summed E-state index contributed by atoms with van der Waals surface area (Å²) in [6, 6.07) is 0. The predicted molar refractivity (Wildman–Crippen MR) is 69.2 cm³/mol. The maximum absolute atomic E-state index is 10.9. The fraction of sp³-hybridized carbons (Fsp3) is 0.846. The number of nitrogens with zero attached hydrogens (tertiary/aromatic N) is 1. The predicted octanol–water partition coefficient (Wildman–Crippen LogP) is 1.60. The second kappa shape index (κ2) is 11.0. The summed E-state index contributed by atoms with van der Waals surface area (Å²) < 4.78 is 9.96. The fourth-order valence-electron chi connectivity index (χ4n) is 1.36. The third-order valence-electron chi connectivity index (χ3n) is 2.47. The van der Waals surface area contributed by atoms with Crippen LogP contribution in [-0.4, -0.2) is 50.2 Å². The summed E-state index contributed by atoms with van der Waals surface area (Å²) in [4.78, 5) is 23.9. The molecule has 106 valence electrons. The lowest BCUT2D eigenvalue weighted by molar-refractivity contribution is -0.144. The summed E-state index contributed by atoms with van der Waals surface area (Å²) in [5, 5.41) is 0. The van der Waals surface area contributed by atoms with Crippen LogP contribution in [0.3, 0.4) is 0 Å². The molecule has 0 aliphatic carbocycles. The molecule has 0 aromatic carbocycles. The van der Waals surface area contributed by atoms with E-state index in [1.54, 1.807) is 13.8 Å². The molecule has 0 amide bonds. The van der Waals surface area contributed by atoms with E-state index in [1.165, 1.54) is 0 Å². The van der Waals surface area contributed by atoms with Gasteiger partial charge in [-0.15, -0.1) is 0 Å². The first-order valence-corrected chi connectivity index (χ1v) is 6.59. The molecule has 5 nitrogen and oxygen atoms in total. The van der Waals surface area contributed by atoms with Crippen LogP contribution in [0.15, 0.2) is 0 Å². The van der Waals surface area contributed by atoms with E-state index in [4.69, 9.17) is 9.47 Å². The van der Waals surface area contributed by atoms with Crippen LogP contribution >= 0.6 is 0 Å². The molecule has 0 fully saturated rings. The average Bonchev–Trinajstić information content (AvgIpc) is 2.38. The van der Waals surface area contributed by atoms with Crippen LogP contribution in [0.2, 0.25) is 0 Å². The van der Waals surface area contributed by atoms with Crippen molar-refractivity contribution in [1.82, 2.24) is 4.90 Å². The number of hydrogen-bond donors (Lipinski definition) is 0. The second-order valence-electron chi connectivity index (χ2n) is 4.16. The van der Waals surface area contributed by atoms with E-state index in [-0.39, 0.29) is 11.9 Å². The quantitative estimate of drug-likeness (QED) is 0.440. The van der Waals surface area contributed by atoms with Crippen molar-refractivity contribution in [2.24, 2.45) is 0 Å². The Morgan fingerprint density at radius 2 is 1.28 bits per heavy atom. The first-order valence-electron chi connectivity index (χ1n) is 6.59. The van der Waals surface area contributed by atoms with Gasteiger partial charge in [-0.05, 0) is 19.9 Å². The van der Waals surface area contributed by atoms with Crippen LogP contribution in [-0.2, 0) is 19.1 Å². The highest BCUT2D eigenvalue weighted by Crippen LogP contribution is 1.94. The fourth-order valence-corrected chi connectivity index (χ4v) is 1.36. The Bertz CT molecular complexity index is 219. The lowest BCUT2D eigenvalue weighted by Gasteiger charge is -2.16. The van der Waals surface area contributed by atoms with E-state index in [0.29, 0.717) is 26.1 Å². The number of rotatable bonds is 10. The number of ether oxygens (including phenoxy) is 2. The zero-order chi connectivity index (χ0) is 13.8. The molecule has 0 bridgehead atoms. The smallest absolute Gasteiger partial charge is 0.305 e. The van der Waals surface area contributed by atoms with Crippen LogP contribution in [0.1, 0.15) is 39.5 Å². The van der Waals surface area contributed by atoms with Crippen LogP contribution in [0, 0.1) is 0 Å². The van der Waals surface area contributed by atoms with Crippen molar-refractivity contribution in [2.45, 2.75) is 39.5 Å². The van der Waals surface area contributed by atoms with Gasteiger partial charge in [0, 0.05) is 25.9 Å². The third-order valence-corrected chi connectivity index (χ3v) is 2.47. The summed E-state index contributed by atoms with van der Waals surface area (Å²) in [6.45, 7) is 6.26. The van der Waals surface area contributed by atoms with Gasteiger partial charge < -0.3 is 14.4 Å². The molecule has 0 saturated carbocycles. The topological polar surface area (TPSA) is 55.8 Å². The maximum Gasteiger partial charge on any atom is 0.305 e. The minimum absolute atomic E-state index is 0.149. The van der Waals surface area contributed by atoms with E-state index in [9.17, 15) is 9.59 Å². The Morgan fingerprint density at radius 3 is 1.61 bits per heavy atom. The molecule has 0 N–H and O–H groups in total. The van der Waals surface area contributed by atoms with Crippen molar-refractivity contribution in [3.05, 3.63) is 0 Å². The maximum atomic E-state index is 10.9. The molecule has 18 heavy (non-hydrogen) atoms. The highest BCUT2D eigenvalue weighted by Gasteiger charge is 2.02. The summed E-state index contributed by atoms with van der Waals surface area (Å²) in [5.74, 6) is -0.298. The molecule has 0 aromatic rings. The lowest BCUT2D eigenvalue weighted by atomic mass is 10.3. The minimum atomic E-state index is -0.149. The van der Waals surface area contributed by atoms with Gasteiger partial charge in [-0.3, -0.25) is 9.59 Å². The Balaban J connectivity index is 3.35. The molecular formula is C13H25NO4. The van der Waals surface area contributed by atoms with Gasteiger partial charge in [0.05, 0.1) is 13.2 Å². The number of carbonyl (C=O) groups excluding carboxylic acids is 2. The molecule has 0 atom stereocenters. The zero-order valence-corrected chi connectivity index (χ0v) is 11.7. The van der Waals surface area contributed by atoms with Crippen molar-refractivity contribution >= 4 is 11.9 Å². The summed E-state index contributed by atoms with van der Waals surface area (Å²) in [7, 11) is 2.00. The Hall–Kier alpha value is -1.10. The van der Waals surface area contributed by atoms with Crippen molar-refractivity contribution in [3.63, 3.8) is 0 Å². The SMILES string of the molecule is CCC(=O)OCCCN(C)CCCOC(=O)CC. The van der Waals surface area contributed by atoms with Gasteiger partial charge >= 0.3 is 11.9 Å². The lowest BCUT2D eigenvalue weighted by Crippen LogP contribution is -2.23. The summed E-state index contributed by atoms with van der Waals surface area (Å²) >= 11 is 0. The van der Waals surface area contributed by atoms with Gasteiger partial charge in [0.1, 0.15) is 0 Å². The number of esters is 2. The van der Waals surface area contributed by atoms with Crippen LogP contribution in [0.4, 0.5) is 0 Å². The van der Waals surface area contributed by atoms with Gasteiger partial charge in [0.15, 0.2) is 0 Å². The van der Waals surface area contributed by atoms with Crippen molar-refractivity contribution in [1.29, 1.82) is 0 Å². The molecule has 0 unspecified atom stereocenters. The summed E-state index contributed by atoms with van der Waals surface area (Å²) in [6.07, 6.45) is 2.52. The molecule has 0 aliphatic rings. The van der Waals surface area contributed by atoms with Gasteiger partial charge in [-0.1, -0.05) is 13.8 Å². The van der Waals surface area contributed by atoms with Crippen molar-refractivity contribution in [2.75, 3.05) is 33.4 Å². The highest BCUT2D eigenvalue weighted by atomic mass is 16.5. The van der Waals surface area contributed by atoms with Crippen LogP contribution < -0.4 is 0 Å². The average molecular weight is 259 g/mol. The first kappa shape index (κ1) is 16.9. The Morgan fingerprint density at radius 1 is 0.889 bits per heavy atom. The molecule has 0 radical (unpaired) electrons. The largest absolute Gasteiger partial charge is 0.466 e. The molecule has 0 heterocycles. The highest BCUT2D eigenvalue weighted by molar-refractivity contribution is 5.69. The molecule has 0 rings (SSSR count). The molecule has 0 saturated heterocycles. The summed E-state index contributed by atoms with van der Waals surface area (Å²) in [5.41, 5.74) is 0. The van der Waals surface area contributed by atoms with Gasteiger partial charge in [-0.2, -0.15) is 0 Å². The van der Waals surface area contributed by atoms with Gasteiger partial charge in [0.2, 0.25) is 0 Å². The molecule has 0 aliphatic heterocycles.